The molecule has 0 aliphatic carbocycles. The van der Waals surface area contributed by atoms with Crippen LogP contribution in [0.15, 0.2) is 24.8 Å². The molecule has 0 N–H and O–H groups in total. The number of nitrogens with zero attached hydrogens (tertiary/aromatic N) is 2. The van der Waals surface area contributed by atoms with E-state index in [1.807, 2.05) is 16.9 Å². The summed E-state index contributed by atoms with van der Waals surface area (Å²) in [6.07, 6.45) is 5.77. The van der Waals surface area contributed by atoms with Gasteiger partial charge in [-0.25, -0.2) is 4.98 Å². The van der Waals surface area contributed by atoms with Gasteiger partial charge in [0.2, 0.25) is 0 Å². The minimum absolute atomic E-state index is 1.18. The predicted octanol–water partition coefficient (Wildman–Crippen LogP) is 2.25. The molecule has 0 aromatic carbocycles. The van der Waals surface area contributed by atoms with Crippen LogP contribution in [0.2, 0.25) is 0 Å². The molecule has 3 heteroatoms. The normalized spacial score (nSPS) is 10.7. The van der Waals surface area contributed by atoms with Crippen molar-refractivity contribution in [2.24, 2.45) is 0 Å². The van der Waals surface area contributed by atoms with Crippen LogP contribution < -0.4 is 0 Å². The lowest BCUT2D eigenvalue weighted by Gasteiger charge is -1.98. The van der Waals surface area contributed by atoms with Crippen LogP contribution in [0.4, 0.5) is 0 Å². The molecule has 0 aliphatic rings. The molecule has 2 nitrogen and oxygen atoms in total. The molecule has 0 unspecified atom stereocenters. The molecule has 0 spiro atoms. The largest absolute Gasteiger partial charge is 0.305 e. The van der Waals surface area contributed by atoms with E-state index in [0.717, 1.165) is 0 Å². The van der Waals surface area contributed by atoms with E-state index in [1.54, 1.807) is 0 Å². The van der Waals surface area contributed by atoms with Crippen LogP contribution in [0.1, 0.15) is 5.56 Å². The fourth-order valence-electron chi connectivity index (χ4n) is 1.12. The van der Waals surface area contributed by atoms with Crippen molar-refractivity contribution in [3.8, 4) is 0 Å². The maximum atomic E-state index is 4.06. The Morgan fingerprint density at radius 1 is 1.55 bits per heavy atom. The van der Waals surface area contributed by atoms with Crippen molar-refractivity contribution in [2.45, 2.75) is 6.92 Å². The van der Waals surface area contributed by atoms with E-state index in [9.17, 15) is 0 Å². The molecule has 2 aromatic rings. The second kappa shape index (κ2) is 2.48. The Morgan fingerprint density at radius 3 is 3.18 bits per heavy atom. The summed E-state index contributed by atoms with van der Waals surface area (Å²) in [5.41, 5.74) is 2.44. The van der Waals surface area contributed by atoms with Gasteiger partial charge in [0, 0.05) is 9.77 Å². The predicted molar refractivity (Wildman–Crippen MR) is 52.6 cm³/mol. The molecule has 0 saturated heterocycles. The molecule has 0 aliphatic heterocycles. The number of imidazole rings is 1. The second-order valence-corrected chi connectivity index (χ2v) is 3.71. The second-order valence-electron chi connectivity index (χ2n) is 2.55. The quantitative estimate of drug-likeness (QED) is 0.662. The van der Waals surface area contributed by atoms with Crippen LogP contribution in [0.5, 0.6) is 0 Å². The molecule has 0 saturated carbocycles. The zero-order valence-electron chi connectivity index (χ0n) is 6.08. The standard InChI is InChI=1S/C8H7IN2/c1-6-2-7(9)8-3-10-5-11(8)4-6/h2-5H,1H3. The van der Waals surface area contributed by atoms with Gasteiger partial charge in [-0.1, -0.05) is 0 Å². The van der Waals surface area contributed by atoms with Crippen LogP contribution in [-0.2, 0) is 0 Å². The number of halogens is 1. The Labute approximate surface area is 78.4 Å². The zero-order chi connectivity index (χ0) is 7.84. The van der Waals surface area contributed by atoms with Crippen molar-refractivity contribution in [2.75, 3.05) is 0 Å². The third kappa shape index (κ3) is 1.13. The summed E-state index contributed by atoms with van der Waals surface area (Å²) < 4.78 is 3.29. The first-order valence-corrected chi connectivity index (χ1v) is 4.43. The van der Waals surface area contributed by atoms with Crippen LogP contribution in [0.25, 0.3) is 5.52 Å². The van der Waals surface area contributed by atoms with Gasteiger partial charge in [-0.05, 0) is 41.1 Å². The van der Waals surface area contributed by atoms with Crippen molar-refractivity contribution < 1.29 is 0 Å². The molecule has 0 atom stereocenters. The Kier molecular flexibility index (Phi) is 1.60. The zero-order valence-corrected chi connectivity index (χ0v) is 8.24. The van der Waals surface area contributed by atoms with Gasteiger partial charge in [0.05, 0.1) is 18.0 Å². The Hall–Kier alpha value is -0.580. The van der Waals surface area contributed by atoms with E-state index < -0.39 is 0 Å². The van der Waals surface area contributed by atoms with Crippen molar-refractivity contribution >= 4 is 28.1 Å². The number of rotatable bonds is 0. The van der Waals surface area contributed by atoms with E-state index in [1.165, 1.54) is 14.7 Å². The molecule has 56 valence electrons. The van der Waals surface area contributed by atoms with Gasteiger partial charge >= 0.3 is 0 Å². The molecule has 11 heavy (non-hydrogen) atoms. The first-order valence-electron chi connectivity index (χ1n) is 3.35. The highest BCUT2D eigenvalue weighted by molar-refractivity contribution is 14.1. The van der Waals surface area contributed by atoms with Gasteiger partial charge in [-0.15, -0.1) is 0 Å². The minimum Gasteiger partial charge on any atom is -0.305 e. The lowest BCUT2D eigenvalue weighted by molar-refractivity contribution is 1.13. The average Bonchev–Trinajstić information content (AvgIpc) is 2.34. The highest BCUT2D eigenvalue weighted by atomic mass is 127. The van der Waals surface area contributed by atoms with E-state index >= 15 is 0 Å². The Morgan fingerprint density at radius 2 is 2.36 bits per heavy atom. The van der Waals surface area contributed by atoms with Gasteiger partial charge in [-0.2, -0.15) is 0 Å². The fourth-order valence-corrected chi connectivity index (χ4v) is 2.03. The van der Waals surface area contributed by atoms with Crippen molar-refractivity contribution in [3.05, 3.63) is 33.9 Å². The summed E-state index contributed by atoms with van der Waals surface area (Å²) in [6, 6.07) is 2.15. The number of aryl methyl sites for hydroxylation is 1. The number of hydrogen-bond donors (Lipinski definition) is 0. The first kappa shape index (κ1) is 7.09. The topological polar surface area (TPSA) is 17.3 Å². The van der Waals surface area contributed by atoms with Crippen molar-refractivity contribution in [3.63, 3.8) is 0 Å². The highest BCUT2D eigenvalue weighted by Gasteiger charge is 1.97. The number of fused-ring (bicyclic) bond motifs is 1. The molecule has 0 amide bonds. The summed E-state index contributed by atoms with van der Waals surface area (Å²) in [4.78, 5) is 4.06. The maximum absolute atomic E-state index is 4.06. The molecule has 0 radical (unpaired) electrons. The van der Waals surface area contributed by atoms with E-state index in [2.05, 4.69) is 46.8 Å². The summed E-state index contributed by atoms with van der Waals surface area (Å²) in [5.74, 6) is 0. The summed E-state index contributed by atoms with van der Waals surface area (Å²) >= 11 is 2.32. The monoisotopic (exact) mass is 258 g/mol. The van der Waals surface area contributed by atoms with Crippen LogP contribution in [0.3, 0.4) is 0 Å². The van der Waals surface area contributed by atoms with Gasteiger partial charge in [0.25, 0.3) is 0 Å². The molecule has 2 rings (SSSR count). The van der Waals surface area contributed by atoms with E-state index in [-0.39, 0.29) is 0 Å². The smallest absolute Gasteiger partial charge is 0.0992 e. The summed E-state index contributed by atoms with van der Waals surface area (Å²) in [7, 11) is 0. The Bertz CT molecular complexity index is 392. The fraction of sp³-hybridized carbons (Fsp3) is 0.125. The molecule has 2 aromatic heterocycles. The molecular formula is C8H7IN2. The van der Waals surface area contributed by atoms with Gasteiger partial charge in [0.1, 0.15) is 0 Å². The number of pyridine rings is 1. The van der Waals surface area contributed by atoms with E-state index in [4.69, 9.17) is 0 Å². The Balaban J connectivity index is 2.91. The van der Waals surface area contributed by atoms with Crippen LogP contribution in [-0.4, -0.2) is 9.38 Å². The summed E-state index contributed by atoms with van der Waals surface area (Å²) in [5, 5.41) is 0. The van der Waals surface area contributed by atoms with Crippen molar-refractivity contribution in [1.82, 2.24) is 9.38 Å². The van der Waals surface area contributed by atoms with Crippen molar-refractivity contribution in [1.29, 1.82) is 0 Å². The first-order chi connectivity index (χ1) is 5.27. The lowest BCUT2D eigenvalue weighted by Crippen LogP contribution is -1.86. The SMILES string of the molecule is Cc1cc(I)c2cncn2c1. The highest BCUT2D eigenvalue weighted by Crippen LogP contribution is 2.14. The molecule has 2 heterocycles. The van der Waals surface area contributed by atoms with Gasteiger partial charge < -0.3 is 4.40 Å². The van der Waals surface area contributed by atoms with Crippen LogP contribution >= 0.6 is 22.6 Å². The number of aromatic nitrogens is 2. The third-order valence-electron chi connectivity index (χ3n) is 1.61. The molecule has 0 bridgehead atoms. The average molecular weight is 258 g/mol. The molecule has 0 fully saturated rings. The van der Waals surface area contributed by atoms with Crippen LogP contribution in [0, 0.1) is 10.5 Å². The maximum Gasteiger partial charge on any atom is 0.0992 e. The minimum atomic E-state index is 1.18. The lowest BCUT2D eigenvalue weighted by atomic mass is 10.3. The van der Waals surface area contributed by atoms with E-state index in [0.29, 0.717) is 0 Å². The summed E-state index contributed by atoms with van der Waals surface area (Å²) in [6.45, 7) is 2.08. The molecular weight excluding hydrogens is 251 g/mol. The number of hydrogen-bond acceptors (Lipinski definition) is 1. The van der Waals surface area contributed by atoms with Gasteiger partial charge in [-0.3, -0.25) is 0 Å². The van der Waals surface area contributed by atoms with Gasteiger partial charge in [0.15, 0.2) is 0 Å². The third-order valence-corrected chi connectivity index (χ3v) is 2.47.